The average molecular weight is 2010 g/mol. The molecule has 5 heterocycles. The predicted molar refractivity (Wildman–Crippen MR) is 528 cm³/mol. The number of aliphatic hydroxyl groups is 1. The number of azide groups is 1. The molecule has 2 amide bonds. The third kappa shape index (κ3) is 27.5. The second-order valence-corrected chi connectivity index (χ2v) is 37.6. The molecule has 29 nitrogen and oxygen atoms in total. The van der Waals surface area contributed by atoms with Crippen molar-refractivity contribution in [1.29, 1.82) is 0 Å². The first kappa shape index (κ1) is 103. The highest BCUT2D eigenvalue weighted by Crippen LogP contribution is 2.47. The maximum atomic E-state index is 15.1. The van der Waals surface area contributed by atoms with Gasteiger partial charge < -0.3 is 110 Å². The highest BCUT2D eigenvalue weighted by Gasteiger charge is 2.59. The zero-order valence-corrected chi connectivity index (χ0v) is 80.7. The van der Waals surface area contributed by atoms with Gasteiger partial charge in [-0.15, -0.1) is 0 Å². The molecule has 5 fully saturated rings. The van der Waals surface area contributed by atoms with Crippen LogP contribution in [0, 0.1) is 0 Å². The number of carbonyl (C=O) groups is 3. The van der Waals surface area contributed by atoms with E-state index in [1.165, 1.54) is 13.0 Å². The minimum atomic E-state index is -2.70. The highest BCUT2D eigenvalue weighted by molar-refractivity contribution is 6.76. The van der Waals surface area contributed by atoms with Crippen molar-refractivity contribution in [3.63, 3.8) is 0 Å². The van der Waals surface area contributed by atoms with E-state index in [-0.39, 0.29) is 85.9 Å². The van der Waals surface area contributed by atoms with Crippen LogP contribution in [0.3, 0.4) is 0 Å². The molecule has 11 aromatic carbocycles. The number of nitrogens with one attached hydrogen (secondary N) is 2. The number of fused-ring (bicyclic) bond motifs is 4. The molecule has 0 saturated carbocycles. The van der Waals surface area contributed by atoms with Crippen LogP contribution in [0.5, 0.6) is 0 Å². The lowest BCUT2D eigenvalue weighted by Crippen LogP contribution is -2.70. The van der Waals surface area contributed by atoms with E-state index >= 15 is 4.79 Å². The SMILES string of the molecule is C=CCOC(=O)[C@@H](NC(=O)OCC1c2ccccc2-c2ccccc21)[C@@H](C)O[C@H]1O[C@H](CO[C@@H]2O[C@H](COCc3ccccc3)[C@@H](O[C@@H]3O[C@@H]4COC(c5ccccc5)O[C@@H]4[C@H](OCc4ccccc4)[C@H]3OCc3ccccc3)[C@H](OCc3ccccc3)[C@H]2NC(=O)C(Cl)(Cl)Cl)[C@H](O)[C@H](O[C@@H]2O[C@H](COCc3ccccc3)[C@H](OCc3ccccc3)[C@H](OCc3ccccc3)[C@H]2OCc2ccccc2)[C@H]1N=[N+]=[N-]. The molecule has 0 aromatic heterocycles. The molecule has 748 valence electrons. The molecule has 0 spiro atoms. The summed E-state index contributed by atoms with van der Waals surface area (Å²) >= 11 is 20.1. The third-order valence-electron chi connectivity index (χ3n) is 25.5. The molecule has 1 aliphatic carbocycles. The number of carbonyl (C=O) groups excluding carboxylic acids is 3. The summed E-state index contributed by atoms with van der Waals surface area (Å²) in [6, 6.07) is 95.7. The first-order valence-electron chi connectivity index (χ1n) is 47.7. The van der Waals surface area contributed by atoms with Crippen LogP contribution in [0.15, 0.2) is 339 Å². The van der Waals surface area contributed by atoms with Gasteiger partial charge in [-0.05, 0) is 79.2 Å². The second-order valence-electron chi connectivity index (χ2n) is 35.3. The zero-order valence-electron chi connectivity index (χ0n) is 78.5. The van der Waals surface area contributed by atoms with E-state index in [1.807, 2.05) is 322 Å². The lowest BCUT2D eigenvalue weighted by molar-refractivity contribution is -0.392. The number of alkyl carbamates (subject to hydrolysis) is 1. The number of nitrogens with zero attached hydrogens (tertiary/aromatic N) is 3. The number of amides is 2. The molecule has 6 aliphatic rings. The van der Waals surface area contributed by atoms with Crippen molar-refractivity contribution < 1.29 is 114 Å². The number of rotatable bonds is 45. The van der Waals surface area contributed by atoms with Crippen molar-refractivity contribution in [3.8, 4) is 11.1 Å². The van der Waals surface area contributed by atoms with Gasteiger partial charge in [0, 0.05) is 16.4 Å². The molecular weight excluding hydrogens is 1890 g/mol. The monoisotopic (exact) mass is 2010 g/mol. The maximum Gasteiger partial charge on any atom is 0.407 e. The van der Waals surface area contributed by atoms with Gasteiger partial charge >= 0.3 is 12.1 Å². The highest BCUT2D eigenvalue weighted by atomic mass is 35.6. The zero-order chi connectivity index (χ0) is 98.6. The Bertz CT molecular complexity index is 5790. The minimum absolute atomic E-state index is 0.00284. The molecular formula is C111H114Cl3N5O24. The first-order chi connectivity index (χ1) is 70.0. The van der Waals surface area contributed by atoms with Gasteiger partial charge in [0.25, 0.3) is 9.70 Å². The summed E-state index contributed by atoms with van der Waals surface area (Å²) in [5.74, 6) is -2.59. The summed E-state index contributed by atoms with van der Waals surface area (Å²) in [6.07, 6.45) is -27.4. The predicted octanol–water partition coefficient (Wildman–Crippen LogP) is 17.7. The van der Waals surface area contributed by atoms with Crippen LogP contribution in [-0.4, -0.2) is 201 Å². The Hall–Kier alpha value is -11.2. The van der Waals surface area contributed by atoms with Crippen molar-refractivity contribution in [3.05, 3.63) is 406 Å². The number of hydrogen-bond acceptors (Lipinski definition) is 25. The van der Waals surface area contributed by atoms with Gasteiger partial charge in [0.2, 0.25) is 0 Å². The van der Waals surface area contributed by atoms with E-state index in [4.69, 9.17) is 130 Å². The Labute approximate surface area is 844 Å². The van der Waals surface area contributed by atoms with Crippen LogP contribution in [0.2, 0.25) is 0 Å². The van der Waals surface area contributed by atoms with Gasteiger partial charge in [0.1, 0.15) is 111 Å². The molecule has 5 saturated heterocycles. The van der Waals surface area contributed by atoms with E-state index in [9.17, 15) is 20.2 Å². The van der Waals surface area contributed by atoms with Crippen LogP contribution in [0.25, 0.3) is 21.6 Å². The van der Waals surface area contributed by atoms with Crippen LogP contribution in [0.4, 0.5) is 4.79 Å². The molecule has 1 unspecified atom stereocenters. The fraction of sp³-hybridized carbons (Fsp3) is 0.360. The van der Waals surface area contributed by atoms with Gasteiger partial charge in [0.05, 0.1) is 85.4 Å². The van der Waals surface area contributed by atoms with Gasteiger partial charge in [-0.1, -0.05) is 374 Å². The number of alkyl halides is 3. The smallest absolute Gasteiger partial charge is 0.407 e. The maximum absolute atomic E-state index is 15.1. The Morgan fingerprint density at radius 1 is 0.448 bits per heavy atom. The van der Waals surface area contributed by atoms with Gasteiger partial charge in [0.15, 0.2) is 37.5 Å². The van der Waals surface area contributed by atoms with Gasteiger partial charge in [-0.25, -0.2) is 9.59 Å². The van der Waals surface area contributed by atoms with E-state index in [1.54, 1.807) is 0 Å². The van der Waals surface area contributed by atoms with Crippen LogP contribution in [0.1, 0.15) is 80.3 Å². The van der Waals surface area contributed by atoms with Crippen molar-refractivity contribution in [2.24, 2.45) is 5.11 Å². The van der Waals surface area contributed by atoms with Crippen molar-refractivity contribution in [1.82, 2.24) is 10.6 Å². The van der Waals surface area contributed by atoms with E-state index in [0.717, 1.165) is 66.8 Å². The largest absolute Gasteiger partial charge is 0.460 e. The lowest BCUT2D eigenvalue weighted by Gasteiger charge is -2.52. The number of hydrogen-bond donors (Lipinski definition) is 3. The second kappa shape index (κ2) is 51.5. The van der Waals surface area contributed by atoms with Crippen LogP contribution >= 0.6 is 34.8 Å². The molecule has 32 heteroatoms. The molecule has 0 bridgehead atoms. The summed E-state index contributed by atoms with van der Waals surface area (Å²) in [5, 5.41) is 23.9. The molecule has 143 heavy (non-hydrogen) atoms. The van der Waals surface area contributed by atoms with E-state index in [0.29, 0.717) is 5.56 Å². The molecule has 5 aliphatic heterocycles. The summed E-state index contributed by atoms with van der Waals surface area (Å²) in [7, 11) is 0. The molecule has 23 atom stereocenters. The van der Waals surface area contributed by atoms with E-state index < -0.39 is 175 Å². The fourth-order valence-electron chi connectivity index (χ4n) is 18.4. The fourth-order valence-corrected chi connectivity index (χ4v) is 18.6. The summed E-state index contributed by atoms with van der Waals surface area (Å²) < 4.78 is 137. The Kier molecular flexibility index (Phi) is 37.2. The first-order valence-corrected chi connectivity index (χ1v) is 48.8. The Morgan fingerprint density at radius 3 is 1.34 bits per heavy atom. The topological polar surface area (TPSA) is 329 Å². The Balaban J connectivity index is 0.760. The Morgan fingerprint density at radius 2 is 0.853 bits per heavy atom. The van der Waals surface area contributed by atoms with Crippen molar-refractivity contribution >= 4 is 52.8 Å². The standard InChI is InChI=1S/C111H114Cl3N5O24/c1-3-57-126-103(121)90(117-110(123)135-66-85-83-55-33-31-53-81(83)82-54-32-34-56-84(82)85)71(2)136-106-92(118-119-115)97(143-108-101(131-64-78-47-25-10-26-48-78)99(129-62-76-43-21-8-22-44-76)94(127-60-74-39-17-6-18-40-74)87(139-108)67-124-58-72-35-13-4-14-36-72)93(120)86(137-106)69-134-105-91(116-109(122)111(112,113)114)98(128-61-75-41-19-7-20-42-75)95(88(138-105)68-125-59-73-37-15-5-16-38-73)142-107-102(132-65-79-49-27-11-28-50-79)100(130-63-77-45-23-9-24-46-77)96-89(140-107)70-133-104(141-96)80-51-29-12-30-52-80/h3-56,71,85-102,104-108,120H,1,57-70H2,2H3,(H,116,122)(H,117,123)/t71-,86-,87-,88-,89-,90+,91-,92-,93+,94+,95-,96+,97-,98-,99+,100+,101-,102-,104?,105-,106+,107+,108+/m1/s1. The summed E-state index contributed by atoms with van der Waals surface area (Å²) in [6.45, 7) is 3.51. The molecule has 0 radical (unpaired) electrons. The summed E-state index contributed by atoms with van der Waals surface area (Å²) in [4.78, 5) is 48.0. The van der Waals surface area contributed by atoms with Gasteiger partial charge in [-0.2, -0.15) is 0 Å². The van der Waals surface area contributed by atoms with Crippen LogP contribution in [-0.2, 0) is 157 Å². The normalized spacial score (nSPS) is 26.1. The number of benzene rings is 11. The molecule has 3 N–H and O–H groups in total. The molecule has 17 rings (SSSR count). The summed E-state index contributed by atoms with van der Waals surface area (Å²) in [5.41, 5.74) is 21.9. The third-order valence-corrected chi connectivity index (χ3v) is 26.0. The number of aliphatic hydroxyl groups excluding tert-OH is 1. The van der Waals surface area contributed by atoms with E-state index in [2.05, 4.69) is 27.2 Å². The molecule has 11 aromatic rings. The average Bonchev–Trinajstić information content (AvgIpc) is 1.64. The lowest BCUT2D eigenvalue weighted by atomic mass is 9.94. The quantitative estimate of drug-likeness (QED) is 0.00797. The number of ether oxygens (including phenoxy) is 20. The van der Waals surface area contributed by atoms with Crippen molar-refractivity contribution in [2.75, 3.05) is 39.6 Å². The minimum Gasteiger partial charge on any atom is -0.460 e. The number of halogens is 3. The number of esters is 1. The van der Waals surface area contributed by atoms with Gasteiger partial charge in [-0.3, -0.25) is 4.79 Å². The van der Waals surface area contributed by atoms with Crippen LogP contribution < -0.4 is 10.6 Å². The van der Waals surface area contributed by atoms with Crippen molar-refractivity contribution in [2.45, 2.75) is 211 Å².